The third-order valence-electron chi connectivity index (χ3n) is 5.05. The highest BCUT2D eigenvalue weighted by Gasteiger charge is 2.14. The molecule has 29 heavy (non-hydrogen) atoms. The van der Waals surface area contributed by atoms with E-state index in [1.165, 1.54) is 23.3 Å². The fourth-order valence-electron chi connectivity index (χ4n) is 3.42. The second-order valence-corrected chi connectivity index (χ2v) is 7.11. The van der Waals surface area contributed by atoms with E-state index in [-0.39, 0.29) is 18.3 Å². The molecule has 0 spiro atoms. The highest BCUT2D eigenvalue weighted by atomic mass is 19.1. The Hall–Kier alpha value is -3.47. The molecule has 1 heterocycles. The Morgan fingerprint density at radius 1 is 1.00 bits per heavy atom. The van der Waals surface area contributed by atoms with E-state index >= 15 is 0 Å². The van der Waals surface area contributed by atoms with Gasteiger partial charge in [0.15, 0.2) is 0 Å². The molecule has 3 aromatic carbocycles. The Morgan fingerprint density at radius 3 is 2.52 bits per heavy atom. The number of aromatic nitrogens is 2. The molecule has 0 saturated carbocycles. The van der Waals surface area contributed by atoms with E-state index < -0.39 is 0 Å². The molecular formula is C24H22FN3O. The first kappa shape index (κ1) is 18.9. The van der Waals surface area contributed by atoms with E-state index in [1.807, 2.05) is 41.0 Å². The van der Waals surface area contributed by atoms with Crippen LogP contribution in [-0.2, 0) is 24.3 Å². The molecule has 4 aromatic rings. The van der Waals surface area contributed by atoms with Gasteiger partial charge in [0.05, 0.1) is 11.0 Å². The summed E-state index contributed by atoms with van der Waals surface area (Å²) in [5.74, 6) is 0.465. The number of halogens is 1. The summed E-state index contributed by atoms with van der Waals surface area (Å²) >= 11 is 0. The Balaban J connectivity index is 1.56. The molecule has 0 radical (unpaired) electrons. The Kier molecular flexibility index (Phi) is 5.38. The predicted octanol–water partition coefficient (Wildman–Crippen LogP) is 4.39. The van der Waals surface area contributed by atoms with Gasteiger partial charge in [0.2, 0.25) is 5.91 Å². The second kappa shape index (κ2) is 8.27. The van der Waals surface area contributed by atoms with Crippen molar-refractivity contribution in [2.75, 3.05) is 0 Å². The molecule has 0 saturated heterocycles. The van der Waals surface area contributed by atoms with Gasteiger partial charge >= 0.3 is 0 Å². The summed E-state index contributed by atoms with van der Waals surface area (Å²) in [4.78, 5) is 17.4. The number of rotatable bonds is 6. The lowest BCUT2D eigenvalue weighted by atomic mass is 10.1. The zero-order valence-corrected chi connectivity index (χ0v) is 16.2. The van der Waals surface area contributed by atoms with Crippen molar-refractivity contribution in [3.05, 3.63) is 101 Å². The fourth-order valence-corrected chi connectivity index (χ4v) is 3.42. The first-order valence-corrected chi connectivity index (χ1v) is 9.60. The van der Waals surface area contributed by atoms with Crippen LogP contribution < -0.4 is 5.32 Å². The lowest BCUT2D eigenvalue weighted by Gasteiger charge is -2.11. The van der Waals surface area contributed by atoms with E-state index in [9.17, 15) is 9.18 Å². The lowest BCUT2D eigenvalue weighted by molar-refractivity contribution is -0.121. The third-order valence-corrected chi connectivity index (χ3v) is 5.05. The number of hydrogen-bond acceptors (Lipinski definition) is 2. The Morgan fingerprint density at radius 2 is 1.72 bits per heavy atom. The molecule has 1 amide bonds. The van der Waals surface area contributed by atoms with Gasteiger partial charge in [-0.3, -0.25) is 4.79 Å². The van der Waals surface area contributed by atoms with Crippen molar-refractivity contribution in [1.29, 1.82) is 0 Å². The number of hydrogen-bond donors (Lipinski definition) is 1. The molecule has 4 rings (SSSR count). The topological polar surface area (TPSA) is 46.9 Å². The number of imidazole rings is 1. The van der Waals surface area contributed by atoms with E-state index in [2.05, 4.69) is 24.4 Å². The normalized spacial score (nSPS) is 11.0. The number of carbonyl (C=O) groups excluding carboxylic acids is 1. The minimum absolute atomic E-state index is 0.108. The molecule has 5 heteroatoms. The Bertz CT molecular complexity index is 1150. The molecule has 1 N–H and O–H groups in total. The quantitative estimate of drug-likeness (QED) is 0.533. The first-order chi connectivity index (χ1) is 14.1. The summed E-state index contributed by atoms with van der Waals surface area (Å²) in [6.07, 6.45) is 0.659. The number of para-hydroxylation sites is 2. The molecule has 146 valence electrons. The van der Waals surface area contributed by atoms with Crippen LogP contribution >= 0.6 is 0 Å². The summed E-state index contributed by atoms with van der Waals surface area (Å²) in [5, 5.41) is 2.91. The van der Waals surface area contributed by atoms with Crippen LogP contribution in [0.3, 0.4) is 0 Å². The summed E-state index contributed by atoms with van der Waals surface area (Å²) in [6.45, 7) is 2.62. The first-order valence-electron chi connectivity index (χ1n) is 9.60. The molecule has 4 nitrogen and oxygen atoms in total. The van der Waals surface area contributed by atoms with Gasteiger partial charge in [0, 0.05) is 13.0 Å². The van der Waals surface area contributed by atoms with Gasteiger partial charge in [0.1, 0.15) is 18.2 Å². The maximum atomic E-state index is 13.0. The van der Waals surface area contributed by atoms with Gasteiger partial charge < -0.3 is 9.88 Å². The molecule has 0 aliphatic rings. The van der Waals surface area contributed by atoms with Crippen LogP contribution in [-0.4, -0.2) is 15.5 Å². The van der Waals surface area contributed by atoms with Crippen LogP contribution in [0, 0.1) is 12.7 Å². The van der Waals surface area contributed by atoms with Crippen molar-refractivity contribution in [3.63, 3.8) is 0 Å². The number of carbonyl (C=O) groups is 1. The maximum Gasteiger partial charge on any atom is 0.240 e. The van der Waals surface area contributed by atoms with Crippen LogP contribution in [0.1, 0.15) is 22.5 Å². The molecular weight excluding hydrogens is 365 g/mol. The van der Waals surface area contributed by atoms with E-state index in [0.29, 0.717) is 13.0 Å². The molecule has 0 aliphatic heterocycles. The van der Waals surface area contributed by atoms with E-state index in [0.717, 1.165) is 22.4 Å². The average Bonchev–Trinajstić information content (AvgIpc) is 3.06. The van der Waals surface area contributed by atoms with Gasteiger partial charge in [-0.05, 0) is 47.9 Å². The Labute approximate surface area is 169 Å². The number of benzene rings is 3. The van der Waals surface area contributed by atoms with Crippen LogP contribution in [0.4, 0.5) is 4.39 Å². The fraction of sp³-hybridized carbons (Fsp3) is 0.167. The van der Waals surface area contributed by atoms with E-state index in [1.54, 1.807) is 12.1 Å². The average molecular weight is 387 g/mol. The minimum Gasteiger partial charge on any atom is -0.350 e. The van der Waals surface area contributed by atoms with Crippen LogP contribution in [0.25, 0.3) is 11.0 Å². The van der Waals surface area contributed by atoms with Gasteiger partial charge in [-0.25, -0.2) is 9.37 Å². The van der Waals surface area contributed by atoms with Crippen molar-refractivity contribution >= 4 is 16.9 Å². The molecule has 1 aromatic heterocycles. The highest BCUT2D eigenvalue weighted by molar-refractivity contribution is 5.81. The lowest BCUT2D eigenvalue weighted by Crippen LogP contribution is -2.27. The molecule has 0 fully saturated rings. The molecule has 0 aliphatic carbocycles. The van der Waals surface area contributed by atoms with Crippen molar-refractivity contribution in [1.82, 2.24) is 14.9 Å². The predicted molar refractivity (Wildman–Crippen MR) is 112 cm³/mol. The van der Waals surface area contributed by atoms with Crippen LogP contribution in [0.2, 0.25) is 0 Å². The standard InChI is InChI=1S/C24H22FN3O/c1-17-6-2-3-7-19(17)14-23-27-21-8-4-5-9-22(21)28(23)16-24(29)26-15-18-10-12-20(25)13-11-18/h2-13H,14-16H2,1H3,(H,26,29). The molecule has 0 bridgehead atoms. The highest BCUT2D eigenvalue weighted by Crippen LogP contribution is 2.20. The number of nitrogens with zero attached hydrogens (tertiary/aromatic N) is 2. The zero-order chi connectivity index (χ0) is 20.2. The summed E-state index contributed by atoms with van der Waals surface area (Å²) < 4.78 is 15.0. The maximum absolute atomic E-state index is 13.0. The smallest absolute Gasteiger partial charge is 0.240 e. The van der Waals surface area contributed by atoms with E-state index in [4.69, 9.17) is 4.98 Å². The van der Waals surface area contributed by atoms with Gasteiger partial charge in [-0.2, -0.15) is 0 Å². The van der Waals surface area contributed by atoms with Crippen molar-refractivity contribution in [3.8, 4) is 0 Å². The van der Waals surface area contributed by atoms with Gasteiger partial charge in [0.25, 0.3) is 0 Å². The SMILES string of the molecule is Cc1ccccc1Cc1nc2ccccc2n1CC(=O)NCc1ccc(F)cc1. The van der Waals surface area contributed by atoms with Gasteiger partial charge in [-0.1, -0.05) is 48.5 Å². The van der Waals surface area contributed by atoms with Crippen LogP contribution in [0.5, 0.6) is 0 Å². The number of nitrogens with one attached hydrogen (secondary N) is 1. The summed E-state index contributed by atoms with van der Waals surface area (Å²) in [7, 11) is 0. The second-order valence-electron chi connectivity index (χ2n) is 7.11. The van der Waals surface area contributed by atoms with Crippen molar-refractivity contribution < 1.29 is 9.18 Å². The van der Waals surface area contributed by atoms with Gasteiger partial charge in [-0.15, -0.1) is 0 Å². The molecule has 0 unspecified atom stereocenters. The van der Waals surface area contributed by atoms with Crippen molar-refractivity contribution in [2.45, 2.75) is 26.4 Å². The van der Waals surface area contributed by atoms with Crippen molar-refractivity contribution in [2.24, 2.45) is 0 Å². The number of amides is 1. The zero-order valence-electron chi connectivity index (χ0n) is 16.2. The summed E-state index contributed by atoms with van der Waals surface area (Å²) in [6, 6.07) is 22.2. The minimum atomic E-state index is -0.286. The largest absolute Gasteiger partial charge is 0.350 e. The number of fused-ring (bicyclic) bond motifs is 1. The van der Waals surface area contributed by atoms with Crippen LogP contribution in [0.15, 0.2) is 72.8 Å². The monoisotopic (exact) mass is 387 g/mol. The summed E-state index contributed by atoms with van der Waals surface area (Å²) in [5.41, 5.74) is 5.06. The number of aryl methyl sites for hydroxylation is 1. The third kappa shape index (κ3) is 4.35. The molecule has 0 atom stereocenters.